The van der Waals surface area contributed by atoms with Crippen molar-refractivity contribution in [3.8, 4) is 0 Å². The molecule has 7 nitrogen and oxygen atoms in total. The molecule has 1 amide bonds. The summed E-state index contributed by atoms with van der Waals surface area (Å²) < 4.78 is 26.9. The molecule has 1 saturated heterocycles. The summed E-state index contributed by atoms with van der Waals surface area (Å²) in [5.41, 5.74) is 0.713. The Morgan fingerprint density at radius 1 is 1.04 bits per heavy atom. The summed E-state index contributed by atoms with van der Waals surface area (Å²) in [5.74, 6) is 0.0884. The summed E-state index contributed by atoms with van der Waals surface area (Å²) >= 11 is 0. The molecule has 1 aromatic heterocycles. The highest BCUT2D eigenvalue weighted by atomic mass is 32.2. The van der Waals surface area contributed by atoms with Crippen LogP contribution in [-0.2, 0) is 14.8 Å². The van der Waals surface area contributed by atoms with Crippen LogP contribution in [0.4, 0.5) is 11.6 Å². The van der Waals surface area contributed by atoms with Gasteiger partial charge < -0.3 is 4.90 Å². The molecule has 3 rings (SSSR count). The normalized spacial score (nSPS) is 15.5. The molecule has 0 saturated carbocycles. The lowest BCUT2D eigenvalue weighted by Crippen LogP contribution is -2.35. The quantitative estimate of drug-likeness (QED) is 0.921. The lowest BCUT2D eigenvalue weighted by molar-refractivity contribution is -0.119. The second-order valence-electron chi connectivity index (χ2n) is 5.17. The Hall–Kier alpha value is -2.48. The maximum Gasteiger partial charge on any atom is 0.264 e. The van der Waals surface area contributed by atoms with Gasteiger partial charge in [0.2, 0.25) is 11.9 Å². The van der Waals surface area contributed by atoms with Crippen LogP contribution in [0.25, 0.3) is 0 Å². The molecule has 1 aromatic carbocycles. The smallest absolute Gasteiger partial charge is 0.264 e. The largest absolute Gasteiger partial charge is 0.312 e. The number of rotatable bonds is 4. The van der Waals surface area contributed by atoms with Crippen LogP contribution in [0.1, 0.15) is 19.3 Å². The molecule has 0 radical (unpaired) electrons. The Bertz CT molecular complexity index is 791. The van der Waals surface area contributed by atoms with Gasteiger partial charge in [0.25, 0.3) is 10.0 Å². The lowest BCUT2D eigenvalue weighted by Gasteiger charge is -2.26. The predicted octanol–water partition coefficient (Wildman–Crippen LogP) is 1.79. The summed E-state index contributed by atoms with van der Waals surface area (Å²) in [6, 6.07) is 7.83. The van der Waals surface area contributed by atoms with Crippen molar-refractivity contribution in [2.45, 2.75) is 24.2 Å². The van der Waals surface area contributed by atoms with Crippen LogP contribution in [0, 0.1) is 0 Å². The minimum Gasteiger partial charge on any atom is -0.312 e. The maximum absolute atomic E-state index is 12.3. The third-order valence-corrected chi connectivity index (χ3v) is 4.92. The number of hydrogen-bond donors (Lipinski definition) is 1. The van der Waals surface area contributed by atoms with E-state index in [-0.39, 0.29) is 16.8 Å². The first-order valence-electron chi connectivity index (χ1n) is 7.26. The van der Waals surface area contributed by atoms with Gasteiger partial charge in [0.1, 0.15) is 0 Å². The Morgan fingerprint density at radius 3 is 2.39 bits per heavy atom. The molecule has 0 spiro atoms. The van der Waals surface area contributed by atoms with E-state index in [1.165, 1.54) is 24.5 Å². The fourth-order valence-electron chi connectivity index (χ4n) is 2.42. The molecular weight excluding hydrogens is 316 g/mol. The van der Waals surface area contributed by atoms with E-state index in [4.69, 9.17) is 0 Å². The first kappa shape index (κ1) is 15.4. The highest BCUT2D eigenvalue weighted by molar-refractivity contribution is 7.92. The Labute approximate surface area is 134 Å². The zero-order valence-electron chi connectivity index (χ0n) is 12.3. The number of anilines is 2. The van der Waals surface area contributed by atoms with Gasteiger partial charge in [0.15, 0.2) is 0 Å². The van der Waals surface area contributed by atoms with Gasteiger partial charge in [0.05, 0.1) is 4.90 Å². The molecule has 0 aliphatic carbocycles. The van der Waals surface area contributed by atoms with Gasteiger partial charge >= 0.3 is 0 Å². The number of nitrogens with zero attached hydrogens (tertiary/aromatic N) is 3. The summed E-state index contributed by atoms with van der Waals surface area (Å²) in [5, 5.41) is 0. The standard InChI is InChI=1S/C15H16N4O3S/c20-14-4-1-2-11-19(14)12-5-7-13(8-6-12)23(21,22)18-15-16-9-3-10-17-15/h3,5-10H,1-2,4,11H2,(H,16,17,18). The van der Waals surface area contributed by atoms with E-state index in [0.29, 0.717) is 18.7 Å². The van der Waals surface area contributed by atoms with E-state index in [9.17, 15) is 13.2 Å². The number of benzene rings is 1. The van der Waals surface area contributed by atoms with E-state index in [0.717, 1.165) is 12.8 Å². The molecule has 2 aromatic rings. The van der Waals surface area contributed by atoms with Gasteiger partial charge in [-0.05, 0) is 43.2 Å². The zero-order chi connectivity index (χ0) is 16.3. The van der Waals surface area contributed by atoms with E-state index in [2.05, 4.69) is 14.7 Å². The molecule has 1 aliphatic heterocycles. The summed E-state index contributed by atoms with van der Waals surface area (Å²) in [4.78, 5) is 21.4. The topological polar surface area (TPSA) is 92.3 Å². The van der Waals surface area contributed by atoms with Crippen molar-refractivity contribution < 1.29 is 13.2 Å². The van der Waals surface area contributed by atoms with Gasteiger partial charge in [-0.3, -0.25) is 4.79 Å². The van der Waals surface area contributed by atoms with Crippen LogP contribution >= 0.6 is 0 Å². The summed E-state index contributed by atoms with van der Waals surface area (Å²) in [6.07, 6.45) is 5.31. The molecule has 1 fully saturated rings. The first-order chi connectivity index (χ1) is 11.1. The summed E-state index contributed by atoms with van der Waals surface area (Å²) in [6.45, 7) is 0.668. The Kier molecular flexibility index (Phi) is 4.24. The predicted molar refractivity (Wildman–Crippen MR) is 85.5 cm³/mol. The van der Waals surface area contributed by atoms with Crippen LogP contribution in [0.5, 0.6) is 0 Å². The van der Waals surface area contributed by atoms with E-state index < -0.39 is 10.0 Å². The van der Waals surface area contributed by atoms with E-state index >= 15 is 0 Å². The average Bonchev–Trinajstić information content (AvgIpc) is 2.56. The number of carbonyl (C=O) groups is 1. The molecule has 120 valence electrons. The second-order valence-corrected chi connectivity index (χ2v) is 6.86. The molecule has 1 aliphatic rings. The van der Waals surface area contributed by atoms with Gasteiger partial charge in [-0.15, -0.1) is 0 Å². The van der Waals surface area contributed by atoms with Crippen molar-refractivity contribution in [2.75, 3.05) is 16.2 Å². The third kappa shape index (κ3) is 3.48. The monoisotopic (exact) mass is 332 g/mol. The second kappa shape index (κ2) is 6.33. The van der Waals surface area contributed by atoms with Crippen LogP contribution in [-0.4, -0.2) is 30.8 Å². The molecule has 0 unspecified atom stereocenters. The Balaban J connectivity index is 1.80. The number of hydrogen-bond acceptors (Lipinski definition) is 5. The van der Waals surface area contributed by atoms with E-state index in [1.54, 1.807) is 23.1 Å². The van der Waals surface area contributed by atoms with E-state index in [1.807, 2.05) is 0 Å². The van der Waals surface area contributed by atoms with Crippen molar-refractivity contribution in [1.82, 2.24) is 9.97 Å². The highest BCUT2D eigenvalue weighted by Crippen LogP contribution is 2.23. The first-order valence-corrected chi connectivity index (χ1v) is 8.75. The van der Waals surface area contributed by atoms with Crippen molar-refractivity contribution in [2.24, 2.45) is 0 Å². The van der Waals surface area contributed by atoms with Crippen LogP contribution in [0.15, 0.2) is 47.6 Å². The molecule has 0 bridgehead atoms. The molecule has 0 atom stereocenters. The fourth-order valence-corrected chi connectivity index (χ4v) is 3.37. The molecular formula is C15H16N4O3S. The number of amides is 1. The van der Waals surface area contributed by atoms with Gasteiger partial charge in [-0.2, -0.15) is 0 Å². The minimum absolute atomic E-state index is 0.0165. The van der Waals surface area contributed by atoms with Gasteiger partial charge in [-0.1, -0.05) is 0 Å². The SMILES string of the molecule is O=C1CCCCN1c1ccc(S(=O)(=O)Nc2ncccn2)cc1. The van der Waals surface area contributed by atoms with Crippen molar-refractivity contribution in [1.29, 1.82) is 0 Å². The number of sulfonamides is 1. The summed E-state index contributed by atoms with van der Waals surface area (Å²) in [7, 11) is -3.75. The zero-order valence-corrected chi connectivity index (χ0v) is 13.2. The number of nitrogens with one attached hydrogen (secondary N) is 1. The van der Waals surface area contributed by atoms with Crippen molar-refractivity contribution in [3.63, 3.8) is 0 Å². The fraction of sp³-hybridized carbons (Fsp3) is 0.267. The van der Waals surface area contributed by atoms with Crippen molar-refractivity contribution in [3.05, 3.63) is 42.7 Å². The number of piperidine rings is 1. The average molecular weight is 332 g/mol. The van der Waals surface area contributed by atoms with Gasteiger partial charge in [0, 0.05) is 31.0 Å². The van der Waals surface area contributed by atoms with Crippen LogP contribution in [0.3, 0.4) is 0 Å². The third-order valence-electron chi connectivity index (χ3n) is 3.57. The van der Waals surface area contributed by atoms with Gasteiger partial charge in [-0.25, -0.2) is 23.1 Å². The highest BCUT2D eigenvalue weighted by Gasteiger charge is 2.21. The lowest BCUT2D eigenvalue weighted by atomic mass is 10.1. The molecule has 8 heteroatoms. The number of carbonyl (C=O) groups excluding carboxylic acids is 1. The van der Waals surface area contributed by atoms with Crippen LogP contribution in [0.2, 0.25) is 0 Å². The number of aromatic nitrogens is 2. The molecule has 1 N–H and O–H groups in total. The van der Waals surface area contributed by atoms with Crippen molar-refractivity contribution >= 4 is 27.6 Å². The maximum atomic E-state index is 12.3. The minimum atomic E-state index is -3.75. The Morgan fingerprint density at radius 2 is 1.74 bits per heavy atom. The van der Waals surface area contributed by atoms with Crippen LogP contribution < -0.4 is 9.62 Å². The molecule has 23 heavy (non-hydrogen) atoms. The molecule has 2 heterocycles.